The zero-order chi connectivity index (χ0) is 11.3. The molecule has 0 spiro atoms. The largest absolute Gasteiger partial charge is 0.329 e. The average molecular weight is 212 g/mol. The summed E-state index contributed by atoms with van der Waals surface area (Å²) in [6, 6.07) is 0. The fourth-order valence-electron chi connectivity index (χ4n) is 2.28. The molecule has 0 aromatic rings. The minimum absolute atomic E-state index is 0.122. The van der Waals surface area contributed by atoms with Crippen LogP contribution in [0.5, 0.6) is 0 Å². The van der Waals surface area contributed by atoms with Gasteiger partial charge in [0.15, 0.2) is 0 Å². The van der Waals surface area contributed by atoms with Crippen LogP contribution in [-0.4, -0.2) is 18.6 Å². The molecule has 2 nitrogen and oxygen atoms in total. The first kappa shape index (κ1) is 13.0. The quantitative estimate of drug-likeness (QED) is 0.735. The lowest BCUT2D eigenvalue weighted by molar-refractivity contribution is 0.234. The first-order valence-corrected chi connectivity index (χ1v) is 6.53. The zero-order valence-corrected chi connectivity index (χ0v) is 10.7. The van der Waals surface area contributed by atoms with Crippen LogP contribution in [0.25, 0.3) is 0 Å². The van der Waals surface area contributed by atoms with Gasteiger partial charge in [-0.05, 0) is 38.1 Å². The lowest BCUT2D eigenvalue weighted by Gasteiger charge is -2.36. The number of hydrogen-bond donors (Lipinski definition) is 2. The van der Waals surface area contributed by atoms with Gasteiger partial charge >= 0.3 is 0 Å². The molecule has 1 rings (SSSR count). The summed E-state index contributed by atoms with van der Waals surface area (Å²) < 4.78 is 0. The molecule has 2 heteroatoms. The summed E-state index contributed by atoms with van der Waals surface area (Å²) in [5, 5.41) is 3.69. The van der Waals surface area contributed by atoms with Crippen LogP contribution in [0.4, 0.5) is 0 Å². The van der Waals surface area contributed by atoms with Crippen LogP contribution in [0.2, 0.25) is 0 Å². The summed E-state index contributed by atoms with van der Waals surface area (Å²) in [7, 11) is 0. The summed E-state index contributed by atoms with van der Waals surface area (Å²) in [6.07, 6.45) is 7.10. The van der Waals surface area contributed by atoms with E-state index in [9.17, 15) is 0 Å². The van der Waals surface area contributed by atoms with Crippen LogP contribution < -0.4 is 11.1 Å². The Morgan fingerprint density at radius 1 is 1.27 bits per heavy atom. The molecule has 0 saturated heterocycles. The summed E-state index contributed by atoms with van der Waals surface area (Å²) in [6.45, 7) is 8.64. The highest BCUT2D eigenvalue weighted by Crippen LogP contribution is 2.24. The second-order valence-electron chi connectivity index (χ2n) is 5.66. The maximum absolute atomic E-state index is 5.86. The Hall–Kier alpha value is -0.0800. The highest BCUT2D eigenvalue weighted by molar-refractivity contribution is 4.88. The van der Waals surface area contributed by atoms with Gasteiger partial charge < -0.3 is 11.1 Å². The Kier molecular flexibility index (Phi) is 5.07. The van der Waals surface area contributed by atoms with E-state index < -0.39 is 0 Å². The molecule has 1 atom stereocenters. The fraction of sp³-hybridized carbons (Fsp3) is 1.00. The third-order valence-corrected chi connectivity index (χ3v) is 4.22. The molecule has 0 bridgehead atoms. The predicted octanol–water partition coefficient (Wildman–Crippen LogP) is 2.53. The molecule has 0 radical (unpaired) electrons. The van der Waals surface area contributed by atoms with Crippen molar-refractivity contribution in [2.75, 3.05) is 13.1 Å². The summed E-state index contributed by atoms with van der Waals surface area (Å²) in [4.78, 5) is 0. The maximum Gasteiger partial charge on any atom is 0.0298 e. The van der Waals surface area contributed by atoms with Crippen LogP contribution in [0.15, 0.2) is 0 Å². The van der Waals surface area contributed by atoms with E-state index in [-0.39, 0.29) is 5.54 Å². The van der Waals surface area contributed by atoms with Crippen molar-refractivity contribution in [2.24, 2.45) is 17.6 Å². The number of nitrogens with two attached hydrogens (primary N) is 1. The van der Waals surface area contributed by atoms with Crippen molar-refractivity contribution in [1.82, 2.24) is 5.32 Å². The first-order chi connectivity index (χ1) is 7.08. The molecule has 1 aliphatic carbocycles. The lowest BCUT2D eigenvalue weighted by atomic mass is 9.85. The van der Waals surface area contributed by atoms with Gasteiger partial charge in [-0.15, -0.1) is 0 Å². The second kappa shape index (κ2) is 5.86. The second-order valence-corrected chi connectivity index (χ2v) is 5.66. The smallest absolute Gasteiger partial charge is 0.0298 e. The highest BCUT2D eigenvalue weighted by atomic mass is 15.0. The number of hydrogen-bond acceptors (Lipinski definition) is 2. The Bertz CT molecular complexity index is 173. The topological polar surface area (TPSA) is 38.0 Å². The molecular weight excluding hydrogens is 184 g/mol. The third-order valence-electron chi connectivity index (χ3n) is 4.22. The van der Waals surface area contributed by atoms with Gasteiger partial charge in [0.1, 0.15) is 0 Å². The van der Waals surface area contributed by atoms with E-state index in [0.29, 0.717) is 5.92 Å². The van der Waals surface area contributed by atoms with E-state index in [2.05, 4.69) is 26.1 Å². The molecule has 15 heavy (non-hydrogen) atoms. The van der Waals surface area contributed by atoms with E-state index in [4.69, 9.17) is 5.73 Å². The minimum atomic E-state index is 0.122. The van der Waals surface area contributed by atoms with Crippen molar-refractivity contribution >= 4 is 0 Å². The molecule has 1 saturated carbocycles. The standard InChI is InChI=1S/C13H28N2/c1-11(2)13(3,10-14)15-9-12-7-5-4-6-8-12/h11-12,15H,4-10,14H2,1-3H3. The van der Waals surface area contributed by atoms with Gasteiger partial charge in [-0.3, -0.25) is 0 Å². The van der Waals surface area contributed by atoms with Gasteiger partial charge in [0.25, 0.3) is 0 Å². The van der Waals surface area contributed by atoms with Crippen LogP contribution in [0.1, 0.15) is 52.9 Å². The molecule has 0 heterocycles. The van der Waals surface area contributed by atoms with Gasteiger partial charge in [0.05, 0.1) is 0 Å². The molecule has 3 N–H and O–H groups in total. The van der Waals surface area contributed by atoms with Gasteiger partial charge in [-0.1, -0.05) is 33.1 Å². The van der Waals surface area contributed by atoms with E-state index in [1.54, 1.807) is 0 Å². The number of rotatable bonds is 5. The predicted molar refractivity (Wildman–Crippen MR) is 66.9 cm³/mol. The van der Waals surface area contributed by atoms with Crippen molar-refractivity contribution in [3.05, 3.63) is 0 Å². The molecule has 0 aromatic carbocycles. The molecule has 90 valence electrons. The molecule has 0 aliphatic heterocycles. The molecule has 0 aromatic heterocycles. The van der Waals surface area contributed by atoms with Gasteiger partial charge in [-0.2, -0.15) is 0 Å². The van der Waals surface area contributed by atoms with Crippen LogP contribution in [0.3, 0.4) is 0 Å². The fourth-order valence-corrected chi connectivity index (χ4v) is 2.28. The number of nitrogens with one attached hydrogen (secondary N) is 1. The highest BCUT2D eigenvalue weighted by Gasteiger charge is 2.27. The summed E-state index contributed by atoms with van der Waals surface area (Å²) in [5.41, 5.74) is 5.98. The molecule has 1 aliphatic rings. The SMILES string of the molecule is CC(C)C(C)(CN)NCC1CCCCC1. The normalized spacial score (nSPS) is 23.0. The van der Waals surface area contributed by atoms with Crippen LogP contribution in [0, 0.1) is 11.8 Å². The summed E-state index contributed by atoms with van der Waals surface area (Å²) in [5.74, 6) is 1.49. The first-order valence-electron chi connectivity index (χ1n) is 6.53. The Morgan fingerprint density at radius 2 is 1.87 bits per heavy atom. The summed E-state index contributed by atoms with van der Waals surface area (Å²) >= 11 is 0. The van der Waals surface area contributed by atoms with Crippen molar-refractivity contribution in [3.8, 4) is 0 Å². The molecular formula is C13H28N2. The third kappa shape index (κ3) is 3.76. The van der Waals surface area contributed by atoms with Crippen LogP contribution >= 0.6 is 0 Å². The lowest BCUT2D eigenvalue weighted by Crippen LogP contribution is -2.54. The molecule has 0 amide bonds. The zero-order valence-electron chi connectivity index (χ0n) is 10.7. The van der Waals surface area contributed by atoms with Crippen molar-refractivity contribution in [2.45, 2.75) is 58.4 Å². The van der Waals surface area contributed by atoms with Gasteiger partial charge in [-0.25, -0.2) is 0 Å². The van der Waals surface area contributed by atoms with Crippen molar-refractivity contribution in [3.63, 3.8) is 0 Å². The van der Waals surface area contributed by atoms with E-state index in [0.717, 1.165) is 19.0 Å². The van der Waals surface area contributed by atoms with Gasteiger partial charge in [0.2, 0.25) is 0 Å². The monoisotopic (exact) mass is 212 g/mol. The maximum atomic E-state index is 5.86. The Balaban J connectivity index is 2.32. The average Bonchev–Trinajstić information content (AvgIpc) is 2.27. The molecule has 1 unspecified atom stereocenters. The Morgan fingerprint density at radius 3 is 2.33 bits per heavy atom. The molecule has 1 fully saturated rings. The van der Waals surface area contributed by atoms with E-state index in [1.165, 1.54) is 32.1 Å². The van der Waals surface area contributed by atoms with E-state index in [1.807, 2.05) is 0 Å². The minimum Gasteiger partial charge on any atom is -0.329 e. The Labute approximate surface area is 95.0 Å². The van der Waals surface area contributed by atoms with Crippen molar-refractivity contribution < 1.29 is 0 Å². The van der Waals surface area contributed by atoms with Crippen molar-refractivity contribution in [1.29, 1.82) is 0 Å². The van der Waals surface area contributed by atoms with Crippen LogP contribution in [-0.2, 0) is 0 Å². The van der Waals surface area contributed by atoms with E-state index >= 15 is 0 Å². The van der Waals surface area contributed by atoms with Gasteiger partial charge in [0, 0.05) is 12.1 Å².